The van der Waals surface area contributed by atoms with Gasteiger partial charge in [0.05, 0.1) is 16.5 Å². The Hall–Kier alpha value is -2.74. The zero-order chi connectivity index (χ0) is 19.7. The Morgan fingerprint density at radius 3 is 2.56 bits per heavy atom. The van der Waals surface area contributed by atoms with Crippen molar-refractivity contribution in [2.75, 3.05) is 0 Å². The summed E-state index contributed by atoms with van der Waals surface area (Å²) in [7, 11) is 0. The van der Waals surface area contributed by atoms with Gasteiger partial charge >= 0.3 is 0 Å². The number of aryl methyl sites for hydroxylation is 1. The predicted octanol–water partition coefficient (Wildman–Crippen LogP) is 4.12. The highest BCUT2D eigenvalue weighted by Gasteiger charge is 2.25. The predicted molar refractivity (Wildman–Crippen MR) is 102 cm³/mol. The van der Waals surface area contributed by atoms with Gasteiger partial charge in [0.1, 0.15) is 5.82 Å². The first-order chi connectivity index (χ1) is 12.8. The van der Waals surface area contributed by atoms with Gasteiger partial charge in [0.25, 0.3) is 0 Å². The summed E-state index contributed by atoms with van der Waals surface area (Å²) >= 11 is 1.17. The van der Waals surface area contributed by atoms with Crippen molar-refractivity contribution < 1.29 is 14.0 Å². The van der Waals surface area contributed by atoms with Gasteiger partial charge in [-0.1, -0.05) is 23.9 Å². The summed E-state index contributed by atoms with van der Waals surface area (Å²) in [5.41, 5.74) is 2.62. The molecule has 0 aliphatic rings. The van der Waals surface area contributed by atoms with E-state index in [-0.39, 0.29) is 11.6 Å². The number of benzene rings is 1. The van der Waals surface area contributed by atoms with Crippen LogP contribution in [0.2, 0.25) is 0 Å². The number of Topliss-reactive ketones (excluding diaryl/α,β-unsaturated/α-hetero) is 2. The number of aromatic amines is 2. The summed E-state index contributed by atoms with van der Waals surface area (Å²) in [6.07, 6.45) is 0. The average molecular weight is 386 g/mol. The lowest BCUT2D eigenvalue weighted by Gasteiger charge is -2.07. The maximum Gasteiger partial charge on any atom is 0.209 e. The molecule has 3 rings (SSSR count). The van der Waals surface area contributed by atoms with Crippen molar-refractivity contribution in [3.63, 3.8) is 0 Å². The lowest BCUT2D eigenvalue weighted by Crippen LogP contribution is -2.15. The third-order valence-electron chi connectivity index (χ3n) is 4.28. The minimum absolute atomic E-state index is 0.0795. The molecule has 0 aliphatic heterocycles. The third kappa shape index (κ3) is 3.71. The fourth-order valence-corrected chi connectivity index (χ4v) is 3.80. The summed E-state index contributed by atoms with van der Waals surface area (Å²) in [5, 5.41) is 6.64. The van der Waals surface area contributed by atoms with E-state index in [9.17, 15) is 14.0 Å². The minimum Gasteiger partial charge on any atom is -0.355 e. The molecule has 0 fully saturated rings. The summed E-state index contributed by atoms with van der Waals surface area (Å²) in [5.74, 6) is -0.320. The van der Waals surface area contributed by atoms with Crippen molar-refractivity contribution in [2.24, 2.45) is 0 Å². The number of nitrogens with zero attached hydrogens (tertiary/aromatic N) is 2. The molecule has 0 aliphatic carbocycles. The molecule has 0 amide bonds. The molecule has 2 heterocycles. The quantitative estimate of drug-likeness (QED) is 0.491. The van der Waals surface area contributed by atoms with Gasteiger partial charge in [-0.2, -0.15) is 0 Å². The highest BCUT2D eigenvalue weighted by atomic mass is 32.2. The monoisotopic (exact) mass is 386 g/mol. The minimum atomic E-state index is -0.481. The number of carbonyl (C=O) groups excluding carboxylic acids is 2. The summed E-state index contributed by atoms with van der Waals surface area (Å²) in [6, 6.07) is 6.26. The summed E-state index contributed by atoms with van der Waals surface area (Å²) in [6.45, 7) is 6.75. The van der Waals surface area contributed by atoms with Crippen LogP contribution in [0, 0.1) is 19.7 Å². The molecule has 0 saturated heterocycles. The van der Waals surface area contributed by atoms with Crippen molar-refractivity contribution in [2.45, 2.75) is 38.1 Å². The van der Waals surface area contributed by atoms with Crippen LogP contribution in [0.4, 0.5) is 4.39 Å². The van der Waals surface area contributed by atoms with E-state index < -0.39 is 11.1 Å². The Bertz CT molecular complexity index is 1020. The van der Waals surface area contributed by atoms with E-state index in [1.54, 1.807) is 39.0 Å². The number of carbonyl (C=O) groups is 2. The largest absolute Gasteiger partial charge is 0.355 e. The van der Waals surface area contributed by atoms with E-state index in [1.807, 2.05) is 0 Å². The highest BCUT2D eigenvalue weighted by molar-refractivity contribution is 8.00. The number of aromatic nitrogens is 4. The van der Waals surface area contributed by atoms with Crippen LogP contribution in [0.3, 0.4) is 0 Å². The van der Waals surface area contributed by atoms with Crippen LogP contribution in [0.5, 0.6) is 0 Å². The second-order valence-corrected chi connectivity index (χ2v) is 7.56. The van der Waals surface area contributed by atoms with Crippen molar-refractivity contribution in [1.82, 2.24) is 20.2 Å². The first-order valence-corrected chi connectivity index (χ1v) is 9.25. The molecule has 0 unspecified atom stereocenters. The van der Waals surface area contributed by atoms with Crippen LogP contribution in [0.1, 0.15) is 46.0 Å². The summed E-state index contributed by atoms with van der Waals surface area (Å²) < 4.78 is 13.9. The number of nitrogens with one attached hydrogen (secondary N) is 2. The molecule has 0 radical (unpaired) electrons. The van der Waals surface area contributed by atoms with Crippen molar-refractivity contribution in [1.29, 1.82) is 0 Å². The Morgan fingerprint density at radius 2 is 1.93 bits per heavy atom. The van der Waals surface area contributed by atoms with E-state index in [4.69, 9.17) is 0 Å². The number of rotatable bonds is 6. The zero-order valence-corrected chi connectivity index (χ0v) is 16.2. The molecule has 8 heteroatoms. The molecule has 2 N–H and O–H groups in total. The Kier molecular flexibility index (Phi) is 5.27. The standard InChI is InChI=1S/C19H19FN4O2S/c1-9-15(11(3)25)10(2)21-16(9)17(26)12(4)27-19-22-18(23-24-19)13-7-5-6-8-14(13)20/h5-8,12,21H,1-4H3,(H,22,23,24)/t12-/m1/s1. The van der Waals surface area contributed by atoms with E-state index >= 15 is 0 Å². The van der Waals surface area contributed by atoms with Crippen molar-refractivity contribution >= 4 is 23.3 Å². The van der Waals surface area contributed by atoms with Crippen LogP contribution in [0.15, 0.2) is 29.4 Å². The van der Waals surface area contributed by atoms with Crippen molar-refractivity contribution in [3.8, 4) is 11.4 Å². The van der Waals surface area contributed by atoms with Crippen LogP contribution in [0.25, 0.3) is 11.4 Å². The average Bonchev–Trinajstić information content (AvgIpc) is 3.18. The topological polar surface area (TPSA) is 91.5 Å². The molecule has 140 valence electrons. The number of hydrogen-bond acceptors (Lipinski definition) is 5. The van der Waals surface area contributed by atoms with Crippen LogP contribution < -0.4 is 0 Å². The van der Waals surface area contributed by atoms with Crippen LogP contribution >= 0.6 is 11.8 Å². The first kappa shape index (κ1) is 19.0. The number of H-pyrrole nitrogens is 2. The Labute approximate surface area is 160 Å². The molecule has 0 bridgehead atoms. The molecule has 2 aromatic heterocycles. The lowest BCUT2D eigenvalue weighted by atomic mass is 10.0. The molecule has 0 spiro atoms. The summed E-state index contributed by atoms with van der Waals surface area (Å²) in [4.78, 5) is 31.8. The van der Waals surface area contributed by atoms with Gasteiger partial charge in [0.15, 0.2) is 17.4 Å². The molecule has 27 heavy (non-hydrogen) atoms. The van der Waals surface area contributed by atoms with Crippen LogP contribution in [-0.2, 0) is 0 Å². The second kappa shape index (κ2) is 7.48. The second-order valence-electron chi connectivity index (χ2n) is 6.25. The highest BCUT2D eigenvalue weighted by Crippen LogP contribution is 2.28. The third-order valence-corrected chi connectivity index (χ3v) is 5.24. The molecule has 1 atom stereocenters. The Balaban J connectivity index is 1.79. The number of ketones is 2. The first-order valence-electron chi connectivity index (χ1n) is 8.37. The molecule has 6 nitrogen and oxygen atoms in total. The van der Waals surface area contributed by atoms with Gasteiger partial charge in [0.2, 0.25) is 5.16 Å². The molecule has 1 aromatic carbocycles. The van der Waals surface area contributed by atoms with Crippen molar-refractivity contribution in [3.05, 3.63) is 52.6 Å². The molecule has 3 aromatic rings. The zero-order valence-electron chi connectivity index (χ0n) is 15.4. The van der Waals surface area contributed by atoms with Gasteiger partial charge in [-0.25, -0.2) is 9.37 Å². The van der Waals surface area contributed by atoms with Crippen LogP contribution in [-0.4, -0.2) is 37.0 Å². The van der Waals surface area contributed by atoms with Gasteiger partial charge in [-0.15, -0.1) is 5.10 Å². The molecular formula is C19H19FN4O2S. The van der Waals surface area contributed by atoms with Gasteiger partial charge in [0, 0.05) is 11.3 Å². The van der Waals surface area contributed by atoms with E-state index in [0.717, 1.165) is 0 Å². The van der Waals surface area contributed by atoms with Gasteiger partial charge in [-0.05, 0) is 45.4 Å². The number of halogens is 1. The fourth-order valence-electron chi connectivity index (χ4n) is 3.01. The van der Waals surface area contributed by atoms with E-state index in [0.29, 0.717) is 39.1 Å². The van der Waals surface area contributed by atoms with Gasteiger partial charge < -0.3 is 4.98 Å². The van der Waals surface area contributed by atoms with E-state index in [2.05, 4.69) is 20.2 Å². The number of hydrogen-bond donors (Lipinski definition) is 2. The maximum absolute atomic E-state index is 13.9. The van der Waals surface area contributed by atoms with E-state index in [1.165, 1.54) is 24.8 Å². The maximum atomic E-state index is 13.9. The van der Waals surface area contributed by atoms with Gasteiger partial charge in [-0.3, -0.25) is 14.7 Å². The molecular weight excluding hydrogens is 367 g/mol. The number of thioether (sulfide) groups is 1. The lowest BCUT2D eigenvalue weighted by molar-refractivity contribution is 0.0988. The Morgan fingerprint density at radius 1 is 1.22 bits per heavy atom. The fraction of sp³-hybridized carbons (Fsp3) is 0.263. The smallest absolute Gasteiger partial charge is 0.209 e. The molecule has 0 saturated carbocycles. The normalized spacial score (nSPS) is 12.2. The SMILES string of the molecule is CC(=O)c1c(C)[nH]c(C(=O)[C@@H](C)Sc2n[nH]c(-c3ccccc3F)n2)c1C.